The highest BCUT2D eigenvalue weighted by Crippen LogP contribution is 2.33. The Morgan fingerprint density at radius 1 is 0.935 bits per heavy atom. The molecule has 0 radical (unpaired) electrons. The molecule has 0 aliphatic heterocycles. The maximum absolute atomic E-state index is 13.2. The Morgan fingerprint density at radius 2 is 1.61 bits per heavy atom. The fraction of sp³-hybridized carbons (Fsp3) is 0.0833. The summed E-state index contributed by atoms with van der Waals surface area (Å²) in [7, 11) is 0. The molecule has 0 bridgehead atoms. The zero-order chi connectivity index (χ0) is 22.0. The van der Waals surface area contributed by atoms with Crippen LogP contribution in [0.2, 0.25) is 0 Å². The Hall–Kier alpha value is -3.45. The first-order valence-electron chi connectivity index (χ1n) is 9.42. The number of anilines is 1. The van der Waals surface area contributed by atoms with E-state index in [1.54, 1.807) is 35.6 Å². The molecule has 0 saturated carbocycles. The van der Waals surface area contributed by atoms with Gasteiger partial charge in [0.15, 0.2) is 0 Å². The lowest BCUT2D eigenvalue weighted by atomic mass is 10.1. The number of nitrogens with zero attached hydrogens (tertiary/aromatic N) is 1. The Balaban J connectivity index is 1.53. The number of nitrogens with one attached hydrogen (secondary N) is 1. The van der Waals surface area contributed by atoms with E-state index in [-0.39, 0.29) is 0 Å². The number of carbonyl (C=O) groups is 1. The van der Waals surface area contributed by atoms with Gasteiger partial charge in [0.1, 0.15) is 5.01 Å². The molecule has 0 spiro atoms. The largest absolute Gasteiger partial charge is 0.417 e. The van der Waals surface area contributed by atoms with Crippen LogP contribution in [0.15, 0.2) is 78.2 Å². The van der Waals surface area contributed by atoms with Crippen molar-refractivity contribution < 1.29 is 18.0 Å². The topological polar surface area (TPSA) is 42.0 Å². The van der Waals surface area contributed by atoms with Gasteiger partial charge in [-0.1, -0.05) is 48.5 Å². The minimum absolute atomic E-state index is 0.403. The van der Waals surface area contributed by atoms with Gasteiger partial charge in [0.25, 0.3) is 5.91 Å². The van der Waals surface area contributed by atoms with E-state index in [1.165, 1.54) is 12.1 Å². The van der Waals surface area contributed by atoms with E-state index < -0.39 is 23.2 Å². The molecular weight excluding hydrogens is 421 g/mol. The first-order chi connectivity index (χ1) is 14.8. The van der Waals surface area contributed by atoms with Gasteiger partial charge in [-0.05, 0) is 36.8 Å². The number of aryl methyl sites for hydroxylation is 1. The zero-order valence-corrected chi connectivity index (χ0v) is 17.2. The van der Waals surface area contributed by atoms with Crippen molar-refractivity contribution in [3.63, 3.8) is 0 Å². The minimum atomic E-state index is -4.60. The van der Waals surface area contributed by atoms with Gasteiger partial charge in [-0.25, -0.2) is 4.98 Å². The van der Waals surface area contributed by atoms with Crippen molar-refractivity contribution in [2.24, 2.45) is 0 Å². The van der Waals surface area contributed by atoms with Crippen LogP contribution in [0.1, 0.15) is 21.5 Å². The molecule has 0 unspecified atom stereocenters. The molecule has 3 aromatic carbocycles. The third-order valence-corrected chi connectivity index (χ3v) is 5.67. The summed E-state index contributed by atoms with van der Waals surface area (Å²) < 4.78 is 39.5. The van der Waals surface area contributed by atoms with Crippen molar-refractivity contribution in [3.8, 4) is 21.8 Å². The van der Waals surface area contributed by atoms with Crippen molar-refractivity contribution >= 4 is 22.9 Å². The van der Waals surface area contributed by atoms with Gasteiger partial charge in [0, 0.05) is 22.2 Å². The van der Waals surface area contributed by atoms with Crippen LogP contribution < -0.4 is 5.32 Å². The van der Waals surface area contributed by atoms with Crippen molar-refractivity contribution in [3.05, 3.63) is 94.9 Å². The van der Waals surface area contributed by atoms with E-state index in [0.717, 1.165) is 39.5 Å². The second-order valence-electron chi connectivity index (χ2n) is 6.93. The monoisotopic (exact) mass is 438 g/mol. The number of thiazole rings is 1. The van der Waals surface area contributed by atoms with Crippen LogP contribution in [-0.2, 0) is 6.18 Å². The van der Waals surface area contributed by atoms with Crippen LogP contribution in [0.5, 0.6) is 0 Å². The summed E-state index contributed by atoms with van der Waals surface area (Å²) in [6.07, 6.45) is -4.60. The first kappa shape index (κ1) is 20.8. The van der Waals surface area contributed by atoms with E-state index in [9.17, 15) is 18.0 Å². The summed E-state index contributed by atoms with van der Waals surface area (Å²) >= 11 is 1.54. The van der Waals surface area contributed by atoms with Crippen LogP contribution in [0.4, 0.5) is 18.9 Å². The molecule has 0 fully saturated rings. The molecule has 31 heavy (non-hydrogen) atoms. The van der Waals surface area contributed by atoms with Crippen molar-refractivity contribution in [1.29, 1.82) is 0 Å². The Morgan fingerprint density at radius 3 is 2.32 bits per heavy atom. The molecule has 1 amide bonds. The average molecular weight is 438 g/mol. The third-order valence-electron chi connectivity index (χ3n) is 4.80. The summed E-state index contributed by atoms with van der Waals surface area (Å²) in [6, 6.07) is 19.6. The number of amides is 1. The normalized spacial score (nSPS) is 11.4. The average Bonchev–Trinajstić information content (AvgIpc) is 3.24. The maximum Gasteiger partial charge on any atom is 0.417 e. The Kier molecular flexibility index (Phi) is 5.61. The molecule has 1 N–H and O–H groups in total. The van der Waals surface area contributed by atoms with Crippen molar-refractivity contribution in [2.45, 2.75) is 13.1 Å². The fourth-order valence-electron chi connectivity index (χ4n) is 3.19. The van der Waals surface area contributed by atoms with E-state index in [1.807, 2.05) is 36.6 Å². The second-order valence-corrected chi connectivity index (χ2v) is 7.79. The van der Waals surface area contributed by atoms with Crippen molar-refractivity contribution in [1.82, 2.24) is 4.98 Å². The quantitative estimate of drug-likeness (QED) is 0.371. The molecule has 156 valence electrons. The van der Waals surface area contributed by atoms with Crippen LogP contribution in [0, 0.1) is 6.92 Å². The smallest absolute Gasteiger partial charge is 0.322 e. The van der Waals surface area contributed by atoms with Gasteiger partial charge in [-0.3, -0.25) is 4.79 Å². The summed E-state index contributed by atoms with van der Waals surface area (Å²) in [4.78, 5) is 17.1. The van der Waals surface area contributed by atoms with Gasteiger partial charge >= 0.3 is 6.18 Å². The van der Waals surface area contributed by atoms with Crippen molar-refractivity contribution in [2.75, 3.05) is 5.32 Å². The Labute approximate surface area is 181 Å². The summed E-state index contributed by atoms with van der Waals surface area (Å²) in [5, 5.41) is 5.40. The SMILES string of the molecule is Cc1ccccc1-c1nc(-c2ccc(NC(=O)c3ccccc3C(F)(F)F)cc2)cs1. The van der Waals surface area contributed by atoms with Gasteiger partial charge in [-0.2, -0.15) is 13.2 Å². The highest BCUT2D eigenvalue weighted by molar-refractivity contribution is 7.13. The molecule has 0 aliphatic rings. The summed E-state index contributed by atoms with van der Waals surface area (Å²) in [5.41, 5.74) is 2.89. The highest BCUT2D eigenvalue weighted by Gasteiger charge is 2.34. The number of aromatic nitrogens is 1. The highest BCUT2D eigenvalue weighted by atomic mass is 32.1. The maximum atomic E-state index is 13.2. The molecule has 1 heterocycles. The molecule has 0 aliphatic carbocycles. The van der Waals surface area contributed by atoms with E-state index in [4.69, 9.17) is 4.98 Å². The van der Waals surface area contributed by atoms with E-state index in [2.05, 4.69) is 5.32 Å². The van der Waals surface area contributed by atoms with Crippen LogP contribution >= 0.6 is 11.3 Å². The molecule has 0 atom stereocenters. The van der Waals surface area contributed by atoms with Gasteiger partial charge in [0.2, 0.25) is 0 Å². The lowest BCUT2D eigenvalue weighted by molar-refractivity contribution is -0.137. The standard InChI is InChI=1S/C24H17F3N2OS/c1-15-6-2-3-7-18(15)23-29-21(14-31-23)16-10-12-17(13-11-16)28-22(30)19-8-4-5-9-20(19)24(25,26)27/h2-14H,1H3,(H,28,30). The lowest BCUT2D eigenvalue weighted by Gasteiger charge is -2.12. The molecule has 1 aromatic heterocycles. The number of alkyl halides is 3. The molecule has 4 aromatic rings. The zero-order valence-electron chi connectivity index (χ0n) is 16.4. The summed E-state index contributed by atoms with van der Waals surface area (Å²) in [6.45, 7) is 2.03. The molecule has 4 rings (SSSR count). The number of halogens is 3. The number of hydrogen-bond donors (Lipinski definition) is 1. The minimum Gasteiger partial charge on any atom is -0.322 e. The lowest BCUT2D eigenvalue weighted by Crippen LogP contribution is -2.18. The van der Waals surface area contributed by atoms with E-state index >= 15 is 0 Å². The van der Waals surface area contributed by atoms with Crippen LogP contribution in [0.25, 0.3) is 21.8 Å². The molecule has 3 nitrogen and oxygen atoms in total. The van der Waals surface area contributed by atoms with Crippen LogP contribution in [-0.4, -0.2) is 10.9 Å². The number of rotatable bonds is 4. The second kappa shape index (κ2) is 8.35. The first-order valence-corrected chi connectivity index (χ1v) is 10.3. The molecular formula is C24H17F3N2OS. The van der Waals surface area contributed by atoms with Gasteiger partial charge in [0.05, 0.1) is 16.8 Å². The number of hydrogen-bond acceptors (Lipinski definition) is 3. The predicted molar refractivity (Wildman–Crippen MR) is 117 cm³/mol. The van der Waals surface area contributed by atoms with Gasteiger partial charge in [-0.15, -0.1) is 11.3 Å². The Bertz CT molecular complexity index is 1230. The predicted octanol–water partition coefficient (Wildman–Crippen LogP) is 7.06. The molecule has 0 saturated heterocycles. The molecule has 7 heteroatoms. The number of benzene rings is 3. The fourth-order valence-corrected chi connectivity index (χ4v) is 4.11. The number of carbonyl (C=O) groups excluding carboxylic acids is 1. The van der Waals surface area contributed by atoms with Gasteiger partial charge < -0.3 is 5.32 Å². The van der Waals surface area contributed by atoms with Crippen LogP contribution in [0.3, 0.4) is 0 Å². The van der Waals surface area contributed by atoms with E-state index in [0.29, 0.717) is 5.69 Å². The third kappa shape index (κ3) is 4.51. The summed E-state index contributed by atoms with van der Waals surface area (Å²) in [5.74, 6) is -0.809.